The lowest BCUT2D eigenvalue weighted by Gasteiger charge is -2.27. The van der Waals surface area contributed by atoms with Gasteiger partial charge in [-0.3, -0.25) is 0 Å². The van der Waals surface area contributed by atoms with Crippen LogP contribution in [0.25, 0.3) is 0 Å². The molecule has 2 heterocycles. The number of rotatable bonds is 10. The quantitative estimate of drug-likeness (QED) is 0.143. The number of nitrogens with zero attached hydrogens (tertiary/aromatic N) is 4. The molecule has 0 amide bonds. The summed E-state index contributed by atoms with van der Waals surface area (Å²) in [7, 11) is 0. The average molecular weight is 555 g/mol. The van der Waals surface area contributed by atoms with Gasteiger partial charge in [0.1, 0.15) is 12.2 Å². The molecule has 5 nitrogen and oxygen atoms in total. The molecule has 200 valence electrons. The lowest BCUT2D eigenvalue weighted by molar-refractivity contribution is 0.0266. The Morgan fingerprint density at radius 3 is 1.31 bits per heavy atom. The zero-order valence-electron chi connectivity index (χ0n) is 23.4. The first-order valence-corrected chi connectivity index (χ1v) is 14.4. The van der Waals surface area contributed by atoms with Crippen molar-refractivity contribution >= 4 is 23.5 Å². The van der Waals surface area contributed by atoms with Gasteiger partial charge in [-0.05, 0) is 123 Å². The second kappa shape index (κ2) is 12.7. The normalized spacial score (nSPS) is 12.7. The molecule has 7 heteroatoms. The Morgan fingerprint density at radius 2 is 1.00 bits per heavy atom. The molecule has 39 heavy (non-hydrogen) atoms. The summed E-state index contributed by atoms with van der Waals surface area (Å²) in [6, 6.07) is 16.7. The lowest BCUT2D eigenvalue weighted by Crippen LogP contribution is -2.12. The van der Waals surface area contributed by atoms with E-state index in [2.05, 4.69) is 81.6 Å². The predicted molar refractivity (Wildman–Crippen MR) is 160 cm³/mol. The first-order chi connectivity index (χ1) is 18.6. The SMILES string of the molecule is C=C(C)C(OC(C(=C)C)c1ccc(Sc2ncc(C)c(C)n2)cc1)c1ccc(Sc2ncc(C)c(C)n2)cc1. The Morgan fingerprint density at radius 1 is 0.641 bits per heavy atom. The summed E-state index contributed by atoms with van der Waals surface area (Å²) >= 11 is 3.10. The van der Waals surface area contributed by atoms with Crippen molar-refractivity contribution < 1.29 is 4.74 Å². The first-order valence-electron chi connectivity index (χ1n) is 12.7. The third kappa shape index (κ3) is 7.44. The van der Waals surface area contributed by atoms with Crippen molar-refractivity contribution in [2.24, 2.45) is 0 Å². The molecule has 0 bridgehead atoms. The maximum atomic E-state index is 6.66. The molecule has 0 saturated carbocycles. The molecule has 2 atom stereocenters. The van der Waals surface area contributed by atoms with Crippen molar-refractivity contribution in [3.05, 3.63) is 119 Å². The molecule has 0 aliphatic rings. The van der Waals surface area contributed by atoms with E-state index >= 15 is 0 Å². The van der Waals surface area contributed by atoms with Crippen molar-refractivity contribution in [1.82, 2.24) is 19.9 Å². The molecule has 0 aliphatic carbocycles. The molecule has 4 aromatic rings. The van der Waals surface area contributed by atoms with Crippen molar-refractivity contribution in [2.45, 2.75) is 73.9 Å². The van der Waals surface area contributed by atoms with E-state index in [1.807, 2.05) is 53.9 Å². The van der Waals surface area contributed by atoms with Crippen molar-refractivity contribution in [3.8, 4) is 0 Å². The monoisotopic (exact) mass is 554 g/mol. The fraction of sp³-hybridized carbons (Fsp3) is 0.250. The number of aromatic nitrogens is 4. The van der Waals surface area contributed by atoms with E-state index in [9.17, 15) is 0 Å². The van der Waals surface area contributed by atoms with Gasteiger partial charge in [0, 0.05) is 33.6 Å². The number of aryl methyl sites for hydroxylation is 4. The van der Waals surface area contributed by atoms with Gasteiger partial charge >= 0.3 is 0 Å². The summed E-state index contributed by atoms with van der Waals surface area (Å²) < 4.78 is 6.66. The zero-order valence-corrected chi connectivity index (χ0v) is 25.0. The maximum absolute atomic E-state index is 6.66. The van der Waals surface area contributed by atoms with Crippen molar-refractivity contribution in [1.29, 1.82) is 0 Å². The van der Waals surface area contributed by atoms with Crippen LogP contribution in [0.1, 0.15) is 59.7 Å². The minimum Gasteiger partial charge on any atom is -0.357 e. The van der Waals surface area contributed by atoms with E-state index in [0.29, 0.717) is 0 Å². The standard InChI is InChI=1S/C32H34N4OS2/c1-19(2)29(25-9-13-27(14-10-25)38-31-33-17-21(5)23(7)35-31)37-30(20(3)4)26-11-15-28(16-12-26)39-32-34-18-22(6)24(8)36-32/h9-18,29-30H,1,3H2,2,4-8H3. The predicted octanol–water partition coefficient (Wildman–Crippen LogP) is 8.75. The van der Waals surface area contributed by atoms with Gasteiger partial charge in [0.15, 0.2) is 10.3 Å². The van der Waals surface area contributed by atoms with Gasteiger partial charge < -0.3 is 4.74 Å². The van der Waals surface area contributed by atoms with Crippen LogP contribution in [0.5, 0.6) is 0 Å². The van der Waals surface area contributed by atoms with Crippen LogP contribution in [-0.4, -0.2) is 19.9 Å². The van der Waals surface area contributed by atoms with Crippen LogP contribution in [0.4, 0.5) is 0 Å². The van der Waals surface area contributed by atoms with Gasteiger partial charge in [0.25, 0.3) is 0 Å². The summed E-state index contributed by atoms with van der Waals surface area (Å²) in [5.41, 5.74) is 8.11. The number of hydrogen-bond donors (Lipinski definition) is 0. The fourth-order valence-electron chi connectivity index (χ4n) is 3.84. The fourth-order valence-corrected chi connectivity index (χ4v) is 5.38. The van der Waals surface area contributed by atoms with E-state index in [1.165, 1.54) is 0 Å². The second-order valence-corrected chi connectivity index (χ2v) is 11.9. The van der Waals surface area contributed by atoms with Crippen molar-refractivity contribution in [2.75, 3.05) is 0 Å². The molecule has 0 N–H and O–H groups in total. The first kappa shape index (κ1) is 28.7. The van der Waals surface area contributed by atoms with Crippen LogP contribution in [-0.2, 0) is 4.74 Å². The van der Waals surface area contributed by atoms with Gasteiger partial charge in [-0.15, -0.1) is 0 Å². The van der Waals surface area contributed by atoms with Gasteiger partial charge in [-0.1, -0.05) is 37.4 Å². The maximum Gasteiger partial charge on any atom is 0.192 e. The van der Waals surface area contributed by atoms with Crippen molar-refractivity contribution in [3.63, 3.8) is 0 Å². The summed E-state index contributed by atoms with van der Waals surface area (Å²) in [4.78, 5) is 20.2. The molecule has 0 radical (unpaired) electrons. The van der Waals surface area contributed by atoms with E-state index < -0.39 is 0 Å². The highest BCUT2D eigenvalue weighted by molar-refractivity contribution is 7.99. The van der Waals surface area contributed by atoms with Gasteiger partial charge in [-0.25, -0.2) is 19.9 Å². The summed E-state index contributed by atoms with van der Waals surface area (Å²) in [6.45, 7) is 20.5. The van der Waals surface area contributed by atoms with E-state index in [0.717, 1.165) is 64.9 Å². The van der Waals surface area contributed by atoms with Crippen LogP contribution in [0.3, 0.4) is 0 Å². The van der Waals surface area contributed by atoms with Gasteiger partial charge in [0.05, 0.1) is 0 Å². The molecular weight excluding hydrogens is 521 g/mol. The number of benzene rings is 2. The van der Waals surface area contributed by atoms with Crippen LogP contribution in [0.15, 0.2) is 105 Å². The minimum absolute atomic E-state index is 0.276. The van der Waals surface area contributed by atoms with E-state index in [1.54, 1.807) is 23.5 Å². The average Bonchev–Trinajstić information content (AvgIpc) is 2.90. The molecule has 2 unspecified atom stereocenters. The minimum atomic E-state index is -0.276. The summed E-state index contributed by atoms with van der Waals surface area (Å²) in [5, 5.41) is 1.48. The van der Waals surface area contributed by atoms with E-state index in [-0.39, 0.29) is 12.2 Å². The topological polar surface area (TPSA) is 60.8 Å². The van der Waals surface area contributed by atoms with Crippen LogP contribution in [0.2, 0.25) is 0 Å². The smallest absolute Gasteiger partial charge is 0.192 e. The van der Waals surface area contributed by atoms with Crippen LogP contribution >= 0.6 is 23.5 Å². The summed E-state index contributed by atoms with van der Waals surface area (Å²) in [5.74, 6) is 0. The molecular formula is C32H34N4OS2. The van der Waals surface area contributed by atoms with E-state index in [4.69, 9.17) is 4.74 Å². The van der Waals surface area contributed by atoms with Gasteiger partial charge in [-0.2, -0.15) is 0 Å². The highest BCUT2D eigenvalue weighted by Gasteiger charge is 2.22. The molecule has 0 aliphatic heterocycles. The third-order valence-electron chi connectivity index (χ3n) is 6.36. The Bertz CT molecular complexity index is 1370. The van der Waals surface area contributed by atoms with Gasteiger partial charge in [0.2, 0.25) is 0 Å². The van der Waals surface area contributed by atoms with Crippen LogP contribution < -0.4 is 0 Å². The third-order valence-corrected chi connectivity index (χ3v) is 8.13. The molecule has 2 aromatic carbocycles. The Labute approximate surface area is 240 Å². The molecule has 0 fully saturated rings. The number of hydrogen-bond acceptors (Lipinski definition) is 7. The van der Waals surface area contributed by atoms with Crippen LogP contribution in [0, 0.1) is 27.7 Å². The Balaban J connectivity index is 1.48. The largest absolute Gasteiger partial charge is 0.357 e. The Hall–Kier alpha value is -3.26. The summed E-state index contributed by atoms with van der Waals surface area (Å²) in [6.07, 6.45) is 3.18. The highest BCUT2D eigenvalue weighted by Crippen LogP contribution is 2.37. The molecule has 0 spiro atoms. The molecule has 2 aromatic heterocycles. The molecule has 4 rings (SSSR count). The second-order valence-electron chi connectivity index (χ2n) is 9.77. The zero-order chi connectivity index (χ0) is 28.1. The molecule has 0 saturated heterocycles. The highest BCUT2D eigenvalue weighted by atomic mass is 32.2. The Kier molecular flexibility index (Phi) is 9.38. The number of ether oxygens (including phenoxy) is 1. The lowest BCUT2D eigenvalue weighted by atomic mass is 10.0.